The third-order valence-electron chi connectivity index (χ3n) is 3.13. The van der Waals surface area contributed by atoms with Crippen LogP contribution in [-0.4, -0.2) is 9.55 Å². The van der Waals surface area contributed by atoms with Crippen LogP contribution in [-0.2, 0) is 12.6 Å². The van der Waals surface area contributed by atoms with Gasteiger partial charge >= 0.3 is 0 Å². The molecule has 0 unspecified atom stereocenters. The highest BCUT2D eigenvalue weighted by Crippen LogP contribution is 2.43. The van der Waals surface area contributed by atoms with Crippen LogP contribution in [0.1, 0.15) is 18.5 Å². The first-order valence-electron chi connectivity index (χ1n) is 5.00. The molecule has 2 aromatic rings. The number of pyridine rings is 1. The summed E-state index contributed by atoms with van der Waals surface area (Å²) in [7, 11) is 1.93. The number of fused-ring (bicyclic) bond motifs is 1. The van der Waals surface area contributed by atoms with Crippen LogP contribution in [0.3, 0.4) is 0 Å². The van der Waals surface area contributed by atoms with E-state index >= 15 is 0 Å². The molecule has 1 aliphatic carbocycles. The summed E-state index contributed by atoms with van der Waals surface area (Å²) in [5, 5.41) is 0.823. The van der Waals surface area contributed by atoms with Crippen LogP contribution in [0.5, 0.6) is 0 Å². The highest BCUT2D eigenvalue weighted by molar-refractivity contribution is 5.78. The minimum atomic E-state index is -0.304. The molecule has 1 saturated carbocycles. The van der Waals surface area contributed by atoms with E-state index in [0.717, 1.165) is 29.6 Å². The van der Waals surface area contributed by atoms with Crippen molar-refractivity contribution in [1.82, 2.24) is 9.55 Å². The maximum absolute atomic E-state index is 13.0. The molecule has 15 heavy (non-hydrogen) atoms. The predicted molar refractivity (Wildman–Crippen MR) is 55.8 cm³/mol. The van der Waals surface area contributed by atoms with Crippen molar-refractivity contribution in [1.29, 1.82) is 0 Å². The van der Waals surface area contributed by atoms with Crippen LogP contribution in [0.2, 0.25) is 0 Å². The normalized spacial score (nSPS) is 18.3. The molecule has 4 heteroatoms. The fraction of sp³-hybridized carbons (Fsp3) is 0.364. The van der Waals surface area contributed by atoms with Crippen LogP contribution in [0.4, 0.5) is 4.39 Å². The van der Waals surface area contributed by atoms with E-state index in [-0.39, 0.29) is 11.4 Å². The van der Waals surface area contributed by atoms with Crippen molar-refractivity contribution in [2.75, 3.05) is 0 Å². The van der Waals surface area contributed by atoms with E-state index in [1.165, 1.54) is 12.3 Å². The molecule has 0 bridgehead atoms. The number of hydrogen-bond acceptors (Lipinski definition) is 2. The third kappa shape index (κ3) is 1.18. The van der Waals surface area contributed by atoms with E-state index in [1.807, 2.05) is 17.7 Å². The largest absolute Gasteiger partial charge is 0.331 e. The van der Waals surface area contributed by atoms with Gasteiger partial charge in [-0.05, 0) is 25.0 Å². The summed E-state index contributed by atoms with van der Waals surface area (Å²) in [6.45, 7) is 0. The molecule has 0 radical (unpaired) electrons. The van der Waals surface area contributed by atoms with Crippen molar-refractivity contribution in [3.05, 3.63) is 29.8 Å². The molecule has 1 aliphatic rings. The lowest BCUT2D eigenvalue weighted by Gasteiger charge is -2.09. The third-order valence-corrected chi connectivity index (χ3v) is 3.13. The Balaban J connectivity index is 2.29. The second-order valence-corrected chi connectivity index (χ2v) is 4.31. The zero-order valence-electron chi connectivity index (χ0n) is 8.50. The number of rotatable bonds is 1. The van der Waals surface area contributed by atoms with E-state index in [1.54, 1.807) is 0 Å². The van der Waals surface area contributed by atoms with Gasteiger partial charge in [0.05, 0.1) is 11.7 Å². The van der Waals surface area contributed by atoms with E-state index in [0.29, 0.717) is 0 Å². The van der Waals surface area contributed by atoms with Crippen molar-refractivity contribution >= 4 is 11.0 Å². The summed E-state index contributed by atoms with van der Waals surface area (Å²) in [4.78, 5) is 4.07. The molecule has 3 rings (SSSR count). The van der Waals surface area contributed by atoms with Crippen molar-refractivity contribution in [3.63, 3.8) is 0 Å². The van der Waals surface area contributed by atoms with Crippen molar-refractivity contribution in [3.8, 4) is 0 Å². The maximum atomic E-state index is 13.0. The highest BCUT2D eigenvalue weighted by Gasteiger charge is 2.42. The lowest BCUT2D eigenvalue weighted by atomic mass is 10.2. The molecule has 2 heterocycles. The van der Waals surface area contributed by atoms with Gasteiger partial charge in [-0.25, -0.2) is 9.37 Å². The van der Waals surface area contributed by atoms with Gasteiger partial charge in [0.1, 0.15) is 11.5 Å². The van der Waals surface area contributed by atoms with Gasteiger partial charge in [0.15, 0.2) is 0 Å². The second kappa shape index (κ2) is 2.58. The fourth-order valence-electron chi connectivity index (χ4n) is 2.06. The molecule has 0 spiro atoms. The van der Waals surface area contributed by atoms with Gasteiger partial charge in [0.25, 0.3) is 0 Å². The Hall–Kier alpha value is -1.42. The van der Waals surface area contributed by atoms with Gasteiger partial charge in [-0.3, -0.25) is 0 Å². The Kier molecular flexibility index (Phi) is 1.52. The topological polar surface area (TPSA) is 43.8 Å². The van der Waals surface area contributed by atoms with Crippen molar-refractivity contribution in [2.45, 2.75) is 18.4 Å². The highest BCUT2D eigenvalue weighted by atomic mass is 19.1. The van der Waals surface area contributed by atoms with Crippen LogP contribution >= 0.6 is 0 Å². The van der Waals surface area contributed by atoms with Gasteiger partial charge in [-0.1, -0.05) is 0 Å². The molecule has 0 aromatic carbocycles. The number of hydrogen-bond donors (Lipinski definition) is 1. The number of nitrogens with zero attached hydrogens (tertiary/aromatic N) is 2. The standard InChI is InChI=1S/C11H12FN3/c1-15-9(11(13)2-3-11)5-7-4-8(12)6-14-10(7)15/h4-6H,2-3,13H2,1H3. The van der Waals surface area contributed by atoms with Gasteiger partial charge in [-0.2, -0.15) is 0 Å². The minimum Gasteiger partial charge on any atom is -0.331 e. The molecule has 0 amide bonds. The van der Waals surface area contributed by atoms with E-state index in [4.69, 9.17) is 5.73 Å². The number of aromatic nitrogens is 2. The maximum Gasteiger partial charge on any atom is 0.142 e. The lowest BCUT2D eigenvalue weighted by molar-refractivity contribution is 0.623. The Morgan fingerprint density at radius 3 is 2.87 bits per heavy atom. The van der Waals surface area contributed by atoms with E-state index < -0.39 is 0 Å². The summed E-state index contributed by atoms with van der Waals surface area (Å²) in [5.74, 6) is -0.304. The molecule has 3 nitrogen and oxygen atoms in total. The summed E-state index contributed by atoms with van der Waals surface area (Å²) in [5.41, 5.74) is 7.77. The van der Waals surface area contributed by atoms with Crippen LogP contribution in [0.25, 0.3) is 11.0 Å². The lowest BCUT2D eigenvalue weighted by Crippen LogP contribution is -2.21. The molecule has 78 valence electrons. The quantitative estimate of drug-likeness (QED) is 0.769. The zero-order valence-corrected chi connectivity index (χ0v) is 8.50. The van der Waals surface area contributed by atoms with E-state index in [9.17, 15) is 4.39 Å². The summed E-state index contributed by atoms with van der Waals surface area (Å²) < 4.78 is 14.9. The number of aryl methyl sites for hydroxylation is 1. The molecular weight excluding hydrogens is 193 g/mol. The summed E-state index contributed by atoms with van der Waals surface area (Å²) in [6.07, 6.45) is 3.24. The zero-order chi connectivity index (χ0) is 10.6. The number of nitrogens with two attached hydrogens (primary N) is 1. The fourth-order valence-corrected chi connectivity index (χ4v) is 2.06. The number of halogens is 1. The first-order chi connectivity index (χ1) is 7.10. The molecule has 0 atom stereocenters. The Labute approximate surface area is 86.7 Å². The molecule has 0 aliphatic heterocycles. The monoisotopic (exact) mass is 205 g/mol. The Morgan fingerprint density at radius 1 is 1.47 bits per heavy atom. The molecule has 2 N–H and O–H groups in total. The summed E-state index contributed by atoms with van der Waals surface area (Å²) in [6, 6.07) is 3.44. The predicted octanol–water partition coefficient (Wildman–Crippen LogP) is 1.66. The average Bonchev–Trinajstić information content (AvgIpc) is 2.84. The van der Waals surface area contributed by atoms with Gasteiger partial charge in [0, 0.05) is 18.1 Å². The van der Waals surface area contributed by atoms with Gasteiger partial charge in [-0.15, -0.1) is 0 Å². The van der Waals surface area contributed by atoms with Crippen LogP contribution in [0.15, 0.2) is 18.3 Å². The first kappa shape index (κ1) is 8.85. The Morgan fingerprint density at radius 2 is 2.20 bits per heavy atom. The van der Waals surface area contributed by atoms with Crippen molar-refractivity contribution in [2.24, 2.45) is 12.8 Å². The molecule has 2 aromatic heterocycles. The van der Waals surface area contributed by atoms with Gasteiger partial charge < -0.3 is 10.3 Å². The molecular formula is C11H12FN3. The minimum absolute atomic E-state index is 0.202. The Bertz CT molecular complexity index is 540. The smallest absolute Gasteiger partial charge is 0.142 e. The van der Waals surface area contributed by atoms with Crippen molar-refractivity contribution < 1.29 is 4.39 Å². The SMILES string of the molecule is Cn1c(C2(N)CC2)cc2cc(F)cnc21. The van der Waals surface area contributed by atoms with Gasteiger partial charge in [0.2, 0.25) is 0 Å². The molecule has 1 fully saturated rings. The summed E-state index contributed by atoms with van der Waals surface area (Å²) >= 11 is 0. The van der Waals surface area contributed by atoms with Crippen LogP contribution < -0.4 is 5.73 Å². The van der Waals surface area contributed by atoms with E-state index in [2.05, 4.69) is 4.98 Å². The second-order valence-electron chi connectivity index (χ2n) is 4.31. The molecule has 0 saturated heterocycles. The average molecular weight is 205 g/mol. The first-order valence-corrected chi connectivity index (χ1v) is 5.00. The van der Waals surface area contributed by atoms with Crippen LogP contribution in [0, 0.1) is 5.82 Å².